The maximum atomic E-state index is 12.2. The van der Waals surface area contributed by atoms with Crippen molar-refractivity contribution in [3.05, 3.63) is 35.5 Å². The van der Waals surface area contributed by atoms with Gasteiger partial charge < -0.3 is 24.8 Å². The van der Waals surface area contributed by atoms with Crippen LogP contribution in [-0.4, -0.2) is 51.0 Å². The number of aromatic amines is 1. The minimum Gasteiger partial charge on any atom is -0.444 e. The quantitative estimate of drug-likeness (QED) is 0.741. The molecular formula is C19H26N2O4. The van der Waals surface area contributed by atoms with Crippen molar-refractivity contribution in [2.45, 2.75) is 51.4 Å². The van der Waals surface area contributed by atoms with Gasteiger partial charge in [-0.05, 0) is 33.3 Å². The molecule has 1 fully saturated rings. The molecule has 1 aliphatic rings. The molecule has 0 radical (unpaired) electrons. The second-order valence-electron chi connectivity index (χ2n) is 7.82. The van der Waals surface area contributed by atoms with Crippen molar-refractivity contribution in [2.24, 2.45) is 0 Å². The predicted octanol–water partition coefficient (Wildman–Crippen LogP) is 2.67. The summed E-state index contributed by atoms with van der Waals surface area (Å²) in [7, 11) is 0. The molecule has 0 aliphatic carbocycles. The molecule has 3 N–H and O–H groups in total. The summed E-state index contributed by atoms with van der Waals surface area (Å²) in [5.41, 5.74) is 0.706. The van der Waals surface area contributed by atoms with E-state index in [1.54, 1.807) is 27.0 Å². The zero-order valence-electron chi connectivity index (χ0n) is 15.2. The van der Waals surface area contributed by atoms with Crippen LogP contribution in [0.4, 0.5) is 4.79 Å². The van der Waals surface area contributed by atoms with Gasteiger partial charge in [-0.2, -0.15) is 0 Å². The summed E-state index contributed by atoms with van der Waals surface area (Å²) in [5, 5.41) is 22.7. The minimum atomic E-state index is -1.40. The third kappa shape index (κ3) is 3.24. The average molecular weight is 346 g/mol. The van der Waals surface area contributed by atoms with E-state index in [0.29, 0.717) is 12.1 Å². The molecule has 0 saturated carbocycles. The van der Waals surface area contributed by atoms with Gasteiger partial charge in [-0.1, -0.05) is 18.2 Å². The highest BCUT2D eigenvalue weighted by atomic mass is 16.6. The monoisotopic (exact) mass is 346 g/mol. The maximum Gasteiger partial charge on any atom is 0.410 e. The topological polar surface area (TPSA) is 85.8 Å². The van der Waals surface area contributed by atoms with Gasteiger partial charge in [0.05, 0.1) is 6.54 Å². The number of para-hydroxylation sites is 1. The molecule has 2 atom stereocenters. The summed E-state index contributed by atoms with van der Waals surface area (Å²) in [6.07, 6.45) is 0.440. The fourth-order valence-electron chi connectivity index (χ4n) is 3.39. The molecule has 1 saturated heterocycles. The first-order valence-electron chi connectivity index (χ1n) is 8.57. The average Bonchev–Trinajstić information content (AvgIpc) is 2.94. The molecule has 6 heteroatoms. The molecule has 2 aromatic rings. The van der Waals surface area contributed by atoms with Gasteiger partial charge in [-0.3, -0.25) is 0 Å². The number of hydrogen-bond acceptors (Lipinski definition) is 4. The maximum absolute atomic E-state index is 12.2. The van der Waals surface area contributed by atoms with Crippen LogP contribution in [0.15, 0.2) is 24.4 Å². The Bertz CT molecular complexity index is 792. The lowest BCUT2D eigenvalue weighted by atomic mass is 9.82. The lowest BCUT2D eigenvalue weighted by molar-refractivity contribution is -0.122. The molecule has 2 unspecified atom stereocenters. The standard InChI is InChI=1S/C19H26N2O4/c1-12-6-5-7-13-14(10-20-16(12)13)19(24)8-9-21(11-15(19)22)17(23)25-18(2,3)4/h5-7,10,15,20,22,24H,8-9,11H2,1-4H3. The number of H-pyrrole nitrogens is 1. The molecule has 25 heavy (non-hydrogen) atoms. The first-order valence-corrected chi connectivity index (χ1v) is 8.57. The van der Waals surface area contributed by atoms with Crippen molar-refractivity contribution in [2.75, 3.05) is 13.1 Å². The third-order valence-electron chi connectivity index (χ3n) is 4.75. The Morgan fingerprint density at radius 2 is 2.12 bits per heavy atom. The van der Waals surface area contributed by atoms with E-state index in [2.05, 4.69) is 4.98 Å². The van der Waals surface area contributed by atoms with Crippen LogP contribution < -0.4 is 0 Å². The highest BCUT2D eigenvalue weighted by Gasteiger charge is 2.45. The molecule has 3 rings (SSSR count). The number of ether oxygens (including phenoxy) is 1. The molecule has 1 aromatic heterocycles. The van der Waals surface area contributed by atoms with Gasteiger partial charge in [-0.25, -0.2) is 4.79 Å². The number of carbonyl (C=O) groups excluding carboxylic acids is 1. The van der Waals surface area contributed by atoms with Gasteiger partial charge >= 0.3 is 6.09 Å². The normalized spacial score (nSPS) is 24.6. The fraction of sp³-hybridized carbons (Fsp3) is 0.526. The minimum absolute atomic E-state index is 0.0316. The van der Waals surface area contributed by atoms with E-state index in [-0.39, 0.29) is 13.0 Å². The summed E-state index contributed by atoms with van der Waals surface area (Å²) in [4.78, 5) is 16.9. The largest absolute Gasteiger partial charge is 0.444 e. The molecular weight excluding hydrogens is 320 g/mol. The number of aryl methyl sites for hydroxylation is 1. The van der Waals surface area contributed by atoms with Crippen molar-refractivity contribution in [3.63, 3.8) is 0 Å². The van der Waals surface area contributed by atoms with Crippen LogP contribution >= 0.6 is 0 Å². The van der Waals surface area contributed by atoms with Crippen molar-refractivity contribution in [3.8, 4) is 0 Å². The van der Waals surface area contributed by atoms with E-state index >= 15 is 0 Å². The van der Waals surface area contributed by atoms with Gasteiger partial charge in [0.2, 0.25) is 0 Å². The van der Waals surface area contributed by atoms with Gasteiger partial charge in [0.15, 0.2) is 0 Å². The number of aliphatic hydroxyl groups excluding tert-OH is 1. The Hall–Kier alpha value is -2.05. The van der Waals surface area contributed by atoms with Crippen LogP contribution in [0.1, 0.15) is 38.3 Å². The Kier molecular flexibility index (Phi) is 4.29. The highest BCUT2D eigenvalue weighted by Crippen LogP contribution is 2.38. The van der Waals surface area contributed by atoms with Crippen LogP contribution in [0.25, 0.3) is 10.9 Å². The number of aliphatic hydroxyl groups is 2. The first-order chi connectivity index (χ1) is 11.6. The van der Waals surface area contributed by atoms with Crippen molar-refractivity contribution >= 4 is 17.0 Å². The summed E-state index contributed by atoms with van der Waals surface area (Å²) in [6.45, 7) is 7.75. The van der Waals surface area contributed by atoms with Crippen molar-refractivity contribution in [1.29, 1.82) is 0 Å². The number of carbonyl (C=O) groups is 1. The molecule has 1 amide bonds. The molecule has 0 spiro atoms. The van der Waals surface area contributed by atoms with Gasteiger partial charge in [0, 0.05) is 35.6 Å². The number of piperidine rings is 1. The highest BCUT2D eigenvalue weighted by molar-refractivity contribution is 5.86. The van der Waals surface area contributed by atoms with E-state index in [9.17, 15) is 15.0 Å². The van der Waals surface area contributed by atoms with Gasteiger partial charge in [0.1, 0.15) is 17.3 Å². The number of amides is 1. The van der Waals surface area contributed by atoms with Crippen LogP contribution in [-0.2, 0) is 10.3 Å². The predicted molar refractivity (Wildman–Crippen MR) is 95.4 cm³/mol. The fourth-order valence-corrected chi connectivity index (χ4v) is 3.39. The summed E-state index contributed by atoms with van der Waals surface area (Å²) in [6, 6.07) is 5.86. The van der Waals surface area contributed by atoms with Gasteiger partial charge in [-0.15, -0.1) is 0 Å². The summed E-state index contributed by atoms with van der Waals surface area (Å²) < 4.78 is 5.36. The van der Waals surface area contributed by atoms with Crippen LogP contribution in [0, 0.1) is 6.92 Å². The van der Waals surface area contributed by atoms with Crippen LogP contribution in [0.3, 0.4) is 0 Å². The molecule has 1 aliphatic heterocycles. The van der Waals surface area contributed by atoms with E-state index in [0.717, 1.165) is 16.5 Å². The molecule has 6 nitrogen and oxygen atoms in total. The Morgan fingerprint density at radius 3 is 2.76 bits per heavy atom. The Balaban J connectivity index is 1.84. The number of rotatable bonds is 1. The number of β-amino-alcohol motifs (C(OH)–C–C–N with tert-alkyl or cyclic N) is 1. The van der Waals surface area contributed by atoms with Crippen molar-refractivity contribution < 1.29 is 19.7 Å². The lowest BCUT2D eigenvalue weighted by Crippen LogP contribution is -2.55. The lowest BCUT2D eigenvalue weighted by Gasteiger charge is -2.42. The second kappa shape index (κ2) is 6.04. The van der Waals surface area contributed by atoms with E-state index in [1.165, 1.54) is 4.90 Å². The molecule has 2 heterocycles. The van der Waals surface area contributed by atoms with Crippen LogP contribution in [0.5, 0.6) is 0 Å². The number of aromatic nitrogens is 1. The Morgan fingerprint density at radius 1 is 1.40 bits per heavy atom. The zero-order valence-corrected chi connectivity index (χ0v) is 15.2. The second-order valence-corrected chi connectivity index (χ2v) is 7.82. The van der Waals surface area contributed by atoms with Crippen LogP contribution in [0.2, 0.25) is 0 Å². The first kappa shape index (κ1) is 17.8. The number of hydrogen-bond donors (Lipinski definition) is 3. The summed E-state index contributed by atoms with van der Waals surface area (Å²) >= 11 is 0. The smallest absolute Gasteiger partial charge is 0.410 e. The zero-order chi connectivity index (χ0) is 18.4. The molecule has 0 bridgehead atoms. The number of fused-ring (bicyclic) bond motifs is 1. The van der Waals surface area contributed by atoms with E-state index < -0.39 is 23.4 Å². The van der Waals surface area contributed by atoms with Crippen molar-refractivity contribution in [1.82, 2.24) is 9.88 Å². The number of nitrogens with zero attached hydrogens (tertiary/aromatic N) is 1. The summed E-state index contributed by atoms with van der Waals surface area (Å²) in [5.74, 6) is 0. The molecule has 136 valence electrons. The van der Waals surface area contributed by atoms with E-state index in [4.69, 9.17) is 4.74 Å². The number of benzene rings is 1. The number of likely N-dealkylation sites (tertiary alicyclic amines) is 1. The number of nitrogens with one attached hydrogen (secondary N) is 1. The Labute approximate surface area is 147 Å². The SMILES string of the molecule is Cc1cccc2c(C3(O)CCN(C(=O)OC(C)(C)C)CC3O)c[nH]c12. The molecule has 1 aromatic carbocycles. The third-order valence-corrected chi connectivity index (χ3v) is 4.75. The van der Waals surface area contributed by atoms with Gasteiger partial charge in [0.25, 0.3) is 0 Å². The van der Waals surface area contributed by atoms with E-state index in [1.807, 2.05) is 25.1 Å².